The van der Waals surface area contributed by atoms with Crippen molar-refractivity contribution in [3.8, 4) is 0 Å². The Kier molecular flexibility index (Phi) is 2.99. The lowest BCUT2D eigenvalue weighted by atomic mass is 9.98. The maximum absolute atomic E-state index is 5.23. The van der Waals surface area contributed by atoms with E-state index in [1.54, 1.807) is 0 Å². The molecule has 1 rings (SSSR count). The van der Waals surface area contributed by atoms with Gasteiger partial charge >= 0.3 is 0 Å². The second kappa shape index (κ2) is 3.57. The first-order chi connectivity index (χ1) is 4.30. The van der Waals surface area contributed by atoms with Crippen LogP contribution in [0.1, 0.15) is 19.8 Å². The summed E-state index contributed by atoms with van der Waals surface area (Å²) in [5.41, 5.74) is 0. The normalized spacial score (nSPS) is 26.0. The molecule has 0 spiro atoms. The van der Waals surface area contributed by atoms with Gasteiger partial charge in [0.2, 0.25) is 0 Å². The van der Waals surface area contributed by atoms with Gasteiger partial charge < -0.3 is 4.74 Å². The number of halogens is 1. The molecule has 0 aromatic rings. The Hall–Kier alpha value is 0.440. The largest absolute Gasteiger partial charge is 0.381 e. The minimum absolute atomic E-state index is 0.668. The molecule has 0 unspecified atom stereocenters. The van der Waals surface area contributed by atoms with E-state index in [0.29, 0.717) is 4.83 Å². The topological polar surface area (TPSA) is 9.23 Å². The van der Waals surface area contributed by atoms with Crippen molar-refractivity contribution in [2.24, 2.45) is 5.92 Å². The predicted octanol–water partition coefficient (Wildman–Crippen LogP) is 2.20. The van der Waals surface area contributed by atoms with E-state index in [2.05, 4.69) is 22.9 Å². The van der Waals surface area contributed by atoms with Crippen molar-refractivity contribution < 1.29 is 4.74 Å². The average molecular weight is 193 g/mol. The number of rotatable bonds is 1. The van der Waals surface area contributed by atoms with Crippen LogP contribution in [0.5, 0.6) is 0 Å². The molecule has 0 aromatic heterocycles. The second-order valence-electron chi connectivity index (χ2n) is 2.63. The molecule has 1 nitrogen and oxygen atoms in total. The van der Waals surface area contributed by atoms with Gasteiger partial charge in [0, 0.05) is 18.0 Å². The Labute approximate surface area is 64.9 Å². The van der Waals surface area contributed by atoms with Crippen LogP contribution < -0.4 is 0 Å². The Morgan fingerprint density at radius 1 is 1.44 bits per heavy atom. The lowest BCUT2D eigenvalue weighted by Gasteiger charge is -2.23. The molecule has 1 saturated heterocycles. The molecule has 0 radical (unpaired) electrons. The zero-order valence-corrected chi connectivity index (χ0v) is 7.36. The molecule has 0 saturated carbocycles. The standard InChI is InChI=1S/C7H13BrO/c1-6(8)7-2-4-9-5-3-7/h6-7H,2-5H2,1H3/t6-/m1/s1. The highest BCUT2D eigenvalue weighted by Crippen LogP contribution is 2.23. The fourth-order valence-electron chi connectivity index (χ4n) is 1.18. The SMILES string of the molecule is C[C@@H](Br)C1CCOCC1. The van der Waals surface area contributed by atoms with Gasteiger partial charge in [-0.05, 0) is 18.8 Å². The van der Waals surface area contributed by atoms with Gasteiger partial charge in [-0.2, -0.15) is 0 Å². The molecular formula is C7H13BrO. The molecule has 0 aliphatic carbocycles. The summed E-state index contributed by atoms with van der Waals surface area (Å²) in [6.45, 7) is 4.14. The molecule has 0 amide bonds. The molecule has 0 bridgehead atoms. The Morgan fingerprint density at radius 3 is 2.33 bits per heavy atom. The van der Waals surface area contributed by atoms with E-state index in [1.807, 2.05) is 0 Å². The first-order valence-electron chi connectivity index (χ1n) is 3.52. The van der Waals surface area contributed by atoms with Crippen molar-refractivity contribution in [1.29, 1.82) is 0 Å². The van der Waals surface area contributed by atoms with E-state index in [0.717, 1.165) is 19.1 Å². The van der Waals surface area contributed by atoms with Gasteiger partial charge in [-0.3, -0.25) is 0 Å². The average Bonchev–Trinajstić information content (AvgIpc) is 1.90. The molecule has 1 aliphatic rings. The van der Waals surface area contributed by atoms with E-state index in [9.17, 15) is 0 Å². The van der Waals surface area contributed by atoms with Gasteiger partial charge in [0.1, 0.15) is 0 Å². The molecule has 1 fully saturated rings. The van der Waals surface area contributed by atoms with Crippen LogP contribution in [0.25, 0.3) is 0 Å². The molecule has 0 aromatic carbocycles. The third kappa shape index (κ3) is 2.26. The number of hydrogen-bond acceptors (Lipinski definition) is 1. The number of hydrogen-bond donors (Lipinski definition) is 0. The van der Waals surface area contributed by atoms with E-state index >= 15 is 0 Å². The Bertz CT molecular complexity index is 77.0. The summed E-state index contributed by atoms with van der Waals surface area (Å²) >= 11 is 3.58. The third-order valence-electron chi connectivity index (χ3n) is 1.92. The smallest absolute Gasteiger partial charge is 0.0469 e. The first-order valence-corrected chi connectivity index (χ1v) is 4.44. The van der Waals surface area contributed by atoms with E-state index in [-0.39, 0.29) is 0 Å². The Balaban J connectivity index is 2.23. The monoisotopic (exact) mass is 192 g/mol. The fourth-order valence-corrected chi connectivity index (χ4v) is 1.70. The molecule has 54 valence electrons. The summed E-state index contributed by atoms with van der Waals surface area (Å²) < 4.78 is 5.23. The summed E-state index contributed by atoms with van der Waals surface area (Å²) in [5, 5.41) is 0. The maximum atomic E-state index is 5.23. The second-order valence-corrected chi connectivity index (χ2v) is 4.07. The van der Waals surface area contributed by atoms with Gasteiger partial charge in [0.05, 0.1) is 0 Å². The zero-order chi connectivity index (χ0) is 6.69. The van der Waals surface area contributed by atoms with E-state index in [1.165, 1.54) is 12.8 Å². The van der Waals surface area contributed by atoms with Gasteiger partial charge in [0.15, 0.2) is 0 Å². The van der Waals surface area contributed by atoms with Crippen molar-refractivity contribution in [3.63, 3.8) is 0 Å². The quantitative estimate of drug-likeness (QED) is 0.580. The molecule has 0 N–H and O–H groups in total. The zero-order valence-electron chi connectivity index (χ0n) is 5.77. The summed E-state index contributed by atoms with van der Waals surface area (Å²) in [4.78, 5) is 0.668. The van der Waals surface area contributed by atoms with Crippen LogP contribution in [0.2, 0.25) is 0 Å². The van der Waals surface area contributed by atoms with Gasteiger partial charge in [-0.1, -0.05) is 22.9 Å². The number of ether oxygens (including phenoxy) is 1. The first kappa shape index (κ1) is 7.55. The summed E-state index contributed by atoms with van der Waals surface area (Å²) in [5.74, 6) is 0.846. The molecule has 1 heterocycles. The lowest BCUT2D eigenvalue weighted by molar-refractivity contribution is 0.0674. The van der Waals surface area contributed by atoms with Gasteiger partial charge in [0.25, 0.3) is 0 Å². The van der Waals surface area contributed by atoms with Crippen LogP contribution >= 0.6 is 15.9 Å². The molecule has 1 aliphatic heterocycles. The Morgan fingerprint density at radius 2 is 2.00 bits per heavy atom. The van der Waals surface area contributed by atoms with Crippen LogP contribution in [0.15, 0.2) is 0 Å². The van der Waals surface area contributed by atoms with Crippen LogP contribution in [0, 0.1) is 5.92 Å². The number of alkyl halides is 1. The summed E-state index contributed by atoms with van der Waals surface area (Å²) in [6, 6.07) is 0. The molecule has 1 atom stereocenters. The van der Waals surface area contributed by atoms with Gasteiger partial charge in [-0.15, -0.1) is 0 Å². The van der Waals surface area contributed by atoms with Crippen LogP contribution in [-0.2, 0) is 4.74 Å². The van der Waals surface area contributed by atoms with E-state index in [4.69, 9.17) is 4.74 Å². The van der Waals surface area contributed by atoms with Crippen LogP contribution in [0.4, 0.5) is 0 Å². The maximum Gasteiger partial charge on any atom is 0.0469 e. The lowest BCUT2D eigenvalue weighted by Crippen LogP contribution is -2.21. The minimum atomic E-state index is 0.668. The van der Waals surface area contributed by atoms with Crippen molar-refractivity contribution in [2.75, 3.05) is 13.2 Å². The van der Waals surface area contributed by atoms with E-state index < -0.39 is 0 Å². The summed E-state index contributed by atoms with van der Waals surface area (Å²) in [7, 11) is 0. The highest BCUT2D eigenvalue weighted by atomic mass is 79.9. The molecule has 2 heteroatoms. The predicted molar refractivity (Wildman–Crippen MR) is 41.9 cm³/mol. The molecular weight excluding hydrogens is 180 g/mol. The minimum Gasteiger partial charge on any atom is -0.381 e. The fraction of sp³-hybridized carbons (Fsp3) is 1.00. The van der Waals surface area contributed by atoms with Crippen molar-refractivity contribution in [3.05, 3.63) is 0 Å². The van der Waals surface area contributed by atoms with Crippen LogP contribution in [0.3, 0.4) is 0 Å². The van der Waals surface area contributed by atoms with Crippen molar-refractivity contribution >= 4 is 15.9 Å². The highest BCUT2D eigenvalue weighted by Gasteiger charge is 2.17. The highest BCUT2D eigenvalue weighted by molar-refractivity contribution is 9.09. The van der Waals surface area contributed by atoms with Gasteiger partial charge in [-0.25, -0.2) is 0 Å². The summed E-state index contributed by atoms with van der Waals surface area (Å²) in [6.07, 6.45) is 2.46. The van der Waals surface area contributed by atoms with Crippen molar-refractivity contribution in [2.45, 2.75) is 24.6 Å². The van der Waals surface area contributed by atoms with Crippen LogP contribution in [-0.4, -0.2) is 18.0 Å². The molecule has 9 heavy (non-hydrogen) atoms. The third-order valence-corrected chi connectivity index (χ3v) is 2.66. The van der Waals surface area contributed by atoms with Crippen molar-refractivity contribution in [1.82, 2.24) is 0 Å².